The molecule has 1 atom stereocenters. The Morgan fingerprint density at radius 3 is 2.94 bits per heavy atom. The van der Waals surface area contributed by atoms with Gasteiger partial charge >= 0.3 is 5.97 Å². The van der Waals surface area contributed by atoms with Crippen LogP contribution in [0.25, 0.3) is 0 Å². The molecule has 1 aromatic rings. The number of carboxylic acids is 1. The Morgan fingerprint density at radius 2 is 2.38 bits per heavy atom. The number of nitrogens with one attached hydrogen (secondary N) is 1. The van der Waals surface area contributed by atoms with Gasteiger partial charge in [-0.3, -0.25) is 0 Å². The van der Waals surface area contributed by atoms with Crippen LogP contribution in [0.1, 0.15) is 20.7 Å². The summed E-state index contributed by atoms with van der Waals surface area (Å²) in [5.41, 5.74) is 0. The van der Waals surface area contributed by atoms with Crippen LogP contribution in [0.4, 0.5) is 0 Å². The van der Waals surface area contributed by atoms with E-state index in [0.717, 1.165) is 11.3 Å². The molecule has 1 aliphatic heterocycles. The average Bonchev–Trinajstić information content (AvgIpc) is 2.64. The Kier molecular flexibility index (Phi) is 2.96. The number of nitrogens with zero attached hydrogens (tertiary/aromatic N) is 1. The maximum atomic E-state index is 11.4. The summed E-state index contributed by atoms with van der Waals surface area (Å²) in [6.45, 7) is 0.384. The van der Waals surface area contributed by atoms with Gasteiger partial charge in [-0.15, -0.1) is 11.3 Å². The predicted molar refractivity (Wildman–Crippen MR) is 58.5 cm³/mol. The molecule has 0 aromatic carbocycles. The molecule has 0 radical (unpaired) electrons. The zero-order chi connectivity index (χ0) is 11.8. The van der Waals surface area contributed by atoms with Crippen molar-refractivity contribution in [1.29, 1.82) is 0 Å². The van der Waals surface area contributed by atoms with E-state index in [0.29, 0.717) is 11.6 Å². The van der Waals surface area contributed by atoms with E-state index in [9.17, 15) is 13.2 Å². The quantitative estimate of drug-likeness (QED) is 0.772. The van der Waals surface area contributed by atoms with Crippen molar-refractivity contribution < 1.29 is 18.3 Å². The number of sulfone groups is 1. The second-order valence-corrected chi connectivity index (χ2v) is 6.78. The van der Waals surface area contributed by atoms with E-state index in [2.05, 4.69) is 10.3 Å². The van der Waals surface area contributed by atoms with E-state index < -0.39 is 15.8 Å². The first-order chi connectivity index (χ1) is 7.48. The molecule has 8 heteroatoms. The molecule has 0 saturated carbocycles. The van der Waals surface area contributed by atoms with Gasteiger partial charge in [0.05, 0.1) is 23.7 Å². The standard InChI is InChI=1S/C8H10N2O4S2/c11-8(12)6-3-10-7(15-6)5-4-16(13,14)2-1-9-5/h3,5,9H,1-2,4H2,(H,11,12). The van der Waals surface area contributed by atoms with E-state index in [1.807, 2.05) is 0 Å². The Morgan fingerprint density at radius 1 is 1.62 bits per heavy atom. The first-order valence-electron chi connectivity index (χ1n) is 4.61. The van der Waals surface area contributed by atoms with Crippen molar-refractivity contribution in [2.45, 2.75) is 6.04 Å². The van der Waals surface area contributed by atoms with E-state index in [-0.39, 0.29) is 22.4 Å². The smallest absolute Gasteiger partial charge is 0.347 e. The fourth-order valence-electron chi connectivity index (χ4n) is 1.49. The molecule has 0 spiro atoms. The largest absolute Gasteiger partial charge is 0.477 e. The normalized spacial score (nSPS) is 24.1. The number of hydrogen-bond acceptors (Lipinski definition) is 6. The lowest BCUT2D eigenvalue weighted by atomic mass is 10.3. The van der Waals surface area contributed by atoms with E-state index >= 15 is 0 Å². The molecule has 1 fully saturated rings. The van der Waals surface area contributed by atoms with Gasteiger partial charge in [0, 0.05) is 6.54 Å². The summed E-state index contributed by atoms with van der Waals surface area (Å²) in [4.78, 5) is 14.7. The van der Waals surface area contributed by atoms with Gasteiger partial charge in [0.25, 0.3) is 0 Å². The third kappa shape index (κ3) is 2.39. The first kappa shape index (κ1) is 11.5. The van der Waals surface area contributed by atoms with Crippen LogP contribution in [0.3, 0.4) is 0 Å². The van der Waals surface area contributed by atoms with Crippen LogP contribution in [0.15, 0.2) is 6.20 Å². The SMILES string of the molecule is O=C(O)c1cnc(C2CS(=O)(=O)CCN2)s1. The number of thiazole rings is 1. The Hall–Kier alpha value is -0.990. The van der Waals surface area contributed by atoms with Gasteiger partial charge in [0.2, 0.25) is 0 Å². The molecular formula is C8H10N2O4S2. The summed E-state index contributed by atoms with van der Waals surface area (Å²) in [7, 11) is -3.03. The van der Waals surface area contributed by atoms with Crippen molar-refractivity contribution in [2.24, 2.45) is 0 Å². The van der Waals surface area contributed by atoms with Crippen molar-refractivity contribution in [3.05, 3.63) is 16.1 Å². The molecule has 1 unspecified atom stereocenters. The Bertz CT molecular complexity index is 508. The lowest BCUT2D eigenvalue weighted by molar-refractivity contribution is 0.0702. The Balaban J connectivity index is 2.20. The third-order valence-corrected chi connectivity index (χ3v) is 5.02. The van der Waals surface area contributed by atoms with Crippen LogP contribution in [0, 0.1) is 0 Å². The maximum absolute atomic E-state index is 11.4. The zero-order valence-corrected chi connectivity index (χ0v) is 9.84. The molecule has 0 amide bonds. The number of carboxylic acid groups (broad SMARTS) is 1. The lowest BCUT2D eigenvalue weighted by Gasteiger charge is -2.21. The Labute approximate surface area is 96.2 Å². The fourth-order valence-corrected chi connectivity index (χ4v) is 3.81. The van der Waals surface area contributed by atoms with Crippen molar-refractivity contribution in [1.82, 2.24) is 10.3 Å². The highest BCUT2D eigenvalue weighted by Crippen LogP contribution is 2.23. The van der Waals surface area contributed by atoms with Crippen LogP contribution in [0.5, 0.6) is 0 Å². The van der Waals surface area contributed by atoms with Crippen LogP contribution in [-0.4, -0.2) is 42.5 Å². The zero-order valence-electron chi connectivity index (χ0n) is 8.21. The summed E-state index contributed by atoms with van der Waals surface area (Å²) < 4.78 is 22.8. The molecule has 88 valence electrons. The molecule has 1 aliphatic rings. The topological polar surface area (TPSA) is 96.4 Å². The maximum Gasteiger partial charge on any atom is 0.347 e. The van der Waals surface area contributed by atoms with Crippen LogP contribution < -0.4 is 5.32 Å². The number of rotatable bonds is 2. The van der Waals surface area contributed by atoms with E-state index in [1.165, 1.54) is 6.20 Å². The highest BCUT2D eigenvalue weighted by molar-refractivity contribution is 7.91. The number of aromatic nitrogens is 1. The van der Waals surface area contributed by atoms with E-state index in [4.69, 9.17) is 5.11 Å². The molecule has 16 heavy (non-hydrogen) atoms. The minimum atomic E-state index is -3.03. The second kappa shape index (κ2) is 4.11. The fraction of sp³-hybridized carbons (Fsp3) is 0.500. The van der Waals surface area contributed by atoms with Crippen molar-refractivity contribution in [3.8, 4) is 0 Å². The van der Waals surface area contributed by atoms with Gasteiger partial charge < -0.3 is 10.4 Å². The predicted octanol–water partition coefficient (Wildman–Crippen LogP) is -0.0996. The van der Waals surface area contributed by atoms with Crippen molar-refractivity contribution >= 4 is 27.1 Å². The molecule has 1 aromatic heterocycles. The van der Waals surface area contributed by atoms with E-state index in [1.54, 1.807) is 0 Å². The van der Waals surface area contributed by atoms with Crippen molar-refractivity contribution in [3.63, 3.8) is 0 Å². The average molecular weight is 262 g/mol. The van der Waals surface area contributed by atoms with Gasteiger partial charge in [0.15, 0.2) is 9.84 Å². The molecule has 1 saturated heterocycles. The minimum absolute atomic E-state index is 0.0143. The van der Waals surface area contributed by atoms with Crippen molar-refractivity contribution in [2.75, 3.05) is 18.1 Å². The summed E-state index contributed by atoms with van der Waals surface area (Å²) >= 11 is 1.01. The second-order valence-electron chi connectivity index (χ2n) is 3.49. The molecule has 2 N–H and O–H groups in total. The number of hydrogen-bond donors (Lipinski definition) is 2. The molecule has 0 aliphatic carbocycles. The summed E-state index contributed by atoms with van der Waals surface area (Å²) in [6, 6.07) is -0.378. The molecule has 0 bridgehead atoms. The highest BCUT2D eigenvalue weighted by Gasteiger charge is 2.27. The third-order valence-electron chi connectivity index (χ3n) is 2.26. The molecule has 6 nitrogen and oxygen atoms in total. The lowest BCUT2D eigenvalue weighted by Crippen LogP contribution is -2.39. The first-order valence-corrected chi connectivity index (χ1v) is 7.24. The molecular weight excluding hydrogens is 252 g/mol. The van der Waals surface area contributed by atoms with Crippen LogP contribution in [0.2, 0.25) is 0 Å². The highest BCUT2D eigenvalue weighted by atomic mass is 32.2. The monoisotopic (exact) mass is 262 g/mol. The van der Waals surface area contributed by atoms with Crippen LogP contribution in [-0.2, 0) is 9.84 Å². The summed E-state index contributed by atoms with van der Waals surface area (Å²) in [6.07, 6.45) is 1.26. The molecule has 2 rings (SSSR count). The number of aromatic carboxylic acids is 1. The summed E-state index contributed by atoms with van der Waals surface area (Å²) in [5, 5.41) is 12.3. The number of carbonyl (C=O) groups is 1. The summed E-state index contributed by atoms with van der Waals surface area (Å²) in [5.74, 6) is -0.928. The van der Waals surface area contributed by atoms with Crippen LogP contribution >= 0.6 is 11.3 Å². The van der Waals surface area contributed by atoms with Gasteiger partial charge in [0.1, 0.15) is 9.88 Å². The minimum Gasteiger partial charge on any atom is -0.477 e. The van der Waals surface area contributed by atoms with Gasteiger partial charge in [-0.25, -0.2) is 18.2 Å². The van der Waals surface area contributed by atoms with Gasteiger partial charge in [-0.05, 0) is 0 Å². The molecule has 2 heterocycles. The van der Waals surface area contributed by atoms with Gasteiger partial charge in [-0.1, -0.05) is 0 Å². The van der Waals surface area contributed by atoms with Gasteiger partial charge in [-0.2, -0.15) is 0 Å².